The minimum atomic E-state index is 0.620. The van der Waals surface area contributed by atoms with Gasteiger partial charge in [-0.3, -0.25) is 0 Å². The molecule has 0 bridgehead atoms. The maximum absolute atomic E-state index is 3.41. The van der Waals surface area contributed by atoms with Crippen LogP contribution in [0.15, 0.2) is 0 Å². The summed E-state index contributed by atoms with van der Waals surface area (Å²) in [6.45, 7) is 6.08. The Balaban J connectivity index is 2.13. The fourth-order valence-corrected chi connectivity index (χ4v) is 2.28. The minimum absolute atomic E-state index is 0.620. The molecule has 2 aliphatic rings. The van der Waals surface area contributed by atoms with Crippen LogP contribution in [-0.2, 0) is 0 Å². The molecule has 0 saturated carbocycles. The van der Waals surface area contributed by atoms with Gasteiger partial charge >= 0.3 is 0 Å². The fourth-order valence-electron chi connectivity index (χ4n) is 2.28. The van der Waals surface area contributed by atoms with Crippen LogP contribution >= 0.6 is 0 Å². The third kappa shape index (κ3) is 0.578. The van der Waals surface area contributed by atoms with Gasteiger partial charge in [-0.1, -0.05) is 6.92 Å². The average Bonchev–Trinajstić information content (AvgIpc) is 2.06. The van der Waals surface area contributed by atoms with E-state index in [9.17, 15) is 0 Å². The van der Waals surface area contributed by atoms with E-state index in [1.165, 1.54) is 19.6 Å². The van der Waals surface area contributed by atoms with Crippen molar-refractivity contribution in [2.75, 3.05) is 26.7 Å². The molecular formula is C7H14N2. The normalized spacial score (nSPS) is 50.7. The molecule has 2 saturated heterocycles. The molecule has 2 nitrogen and oxygen atoms in total. The molecule has 2 fully saturated rings. The van der Waals surface area contributed by atoms with Crippen LogP contribution < -0.4 is 5.32 Å². The summed E-state index contributed by atoms with van der Waals surface area (Å²) in [5, 5.41) is 3.41. The van der Waals surface area contributed by atoms with Crippen molar-refractivity contribution >= 4 is 0 Å². The van der Waals surface area contributed by atoms with Crippen LogP contribution in [0.4, 0.5) is 0 Å². The van der Waals surface area contributed by atoms with E-state index in [1.807, 2.05) is 0 Å². The van der Waals surface area contributed by atoms with Gasteiger partial charge in [-0.25, -0.2) is 0 Å². The quantitative estimate of drug-likeness (QED) is 0.488. The number of likely N-dealkylation sites (N-methyl/N-ethyl adjacent to an activating group) is 1. The van der Waals surface area contributed by atoms with Gasteiger partial charge in [0.25, 0.3) is 0 Å². The first-order chi connectivity index (χ1) is 4.22. The Morgan fingerprint density at radius 2 is 2.44 bits per heavy atom. The molecule has 0 unspecified atom stereocenters. The molecule has 2 heterocycles. The summed E-state index contributed by atoms with van der Waals surface area (Å²) in [5.74, 6) is 0. The molecule has 1 N–H and O–H groups in total. The Morgan fingerprint density at radius 3 is 2.89 bits per heavy atom. The summed E-state index contributed by atoms with van der Waals surface area (Å²) >= 11 is 0. The number of hydrogen-bond donors (Lipinski definition) is 1. The van der Waals surface area contributed by atoms with Gasteiger partial charge in [-0.2, -0.15) is 0 Å². The van der Waals surface area contributed by atoms with Crippen molar-refractivity contribution < 1.29 is 0 Å². The highest BCUT2D eigenvalue weighted by molar-refractivity contribution is 5.06. The van der Waals surface area contributed by atoms with Crippen LogP contribution in [0.25, 0.3) is 0 Å². The maximum atomic E-state index is 3.41. The van der Waals surface area contributed by atoms with Gasteiger partial charge in [0.05, 0.1) is 0 Å². The first kappa shape index (κ1) is 5.69. The second kappa shape index (κ2) is 1.50. The molecule has 0 aromatic carbocycles. The highest BCUT2D eigenvalue weighted by Gasteiger charge is 2.49. The molecule has 2 rings (SSSR count). The predicted molar refractivity (Wildman–Crippen MR) is 37.4 cm³/mol. The number of likely N-dealkylation sites (tertiary alicyclic amines) is 1. The molecular weight excluding hydrogens is 112 g/mol. The number of rotatable bonds is 0. The summed E-state index contributed by atoms with van der Waals surface area (Å²) in [7, 11) is 2.21. The Hall–Kier alpha value is -0.0800. The van der Waals surface area contributed by atoms with Crippen LogP contribution in [0, 0.1) is 5.41 Å². The molecule has 2 atom stereocenters. The third-order valence-electron chi connectivity index (χ3n) is 2.81. The SMILES string of the molecule is CN1C[C@@]2(C)CNC[C@@H]12. The molecule has 0 aliphatic carbocycles. The van der Waals surface area contributed by atoms with Crippen molar-refractivity contribution in [1.82, 2.24) is 10.2 Å². The van der Waals surface area contributed by atoms with Crippen LogP contribution in [0.5, 0.6) is 0 Å². The van der Waals surface area contributed by atoms with Gasteiger partial charge in [0, 0.05) is 31.1 Å². The highest BCUT2D eigenvalue weighted by Crippen LogP contribution is 2.38. The lowest BCUT2D eigenvalue weighted by Gasteiger charge is -2.49. The van der Waals surface area contributed by atoms with Crippen LogP contribution in [-0.4, -0.2) is 37.6 Å². The summed E-state index contributed by atoms with van der Waals surface area (Å²) in [5.41, 5.74) is 0.620. The first-order valence-corrected chi connectivity index (χ1v) is 3.63. The molecule has 0 aromatic heterocycles. The molecule has 0 radical (unpaired) electrons. The third-order valence-corrected chi connectivity index (χ3v) is 2.81. The summed E-state index contributed by atoms with van der Waals surface area (Å²) in [6.07, 6.45) is 0. The average molecular weight is 126 g/mol. The molecule has 9 heavy (non-hydrogen) atoms. The van der Waals surface area contributed by atoms with Crippen molar-refractivity contribution in [3.63, 3.8) is 0 Å². The van der Waals surface area contributed by atoms with Gasteiger partial charge in [0.15, 0.2) is 0 Å². The number of nitrogens with one attached hydrogen (secondary N) is 1. The Labute approximate surface area is 56.2 Å². The maximum Gasteiger partial charge on any atom is 0.0295 e. The zero-order chi connectivity index (χ0) is 6.48. The Morgan fingerprint density at radius 1 is 1.67 bits per heavy atom. The van der Waals surface area contributed by atoms with Crippen LogP contribution in [0.2, 0.25) is 0 Å². The predicted octanol–water partition coefficient (Wildman–Crippen LogP) is -0.0901. The van der Waals surface area contributed by atoms with Crippen LogP contribution in [0.1, 0.15) is 6.92 Å². The van der Waals surface area contributed by atoms with Crippen molar-refractivity contribution in [1.29, 1.82) is 0 Å². The van der Waals surface area contributed by atoms with Gasteiger partial charge in [-0.15, -0.1) is 0 Å². The largest absolute Gasteiger partial charge is 0.314 e. The van der Waals surface area contributed by atoms with E-state index in [0.29, 0.717) is 5.41 Å². The van der Waals surface area contributed by atoms with Crippen LogP contribution in [0.3, 0.4) is 0 Å². The summed E-state index contributed by atoms with van der Waals surface area (Å²) in [6, 6.07) is 0.831. The summed E-state index contributed by atoms with van der Waals surface area (Å²) in [4.78, 5) is 2.43. The second-order valence-corrected chi connectivity index (χ2v) is 3.72. The van der Waals surface area contributed by atoms with Crippen molar-refractivity contribution in [2.24, 2.45) is 5.41 Å². The van der Waals surface area contributed by atoms with E-state index in [-0.39, 0.29) is 0 Å². The topological polar surface area (TPSA) is 15.3 Å². The second-order valence-electron chi connectivity index (χ2n) is 3.72. The van der Waals surface area contributed by atoms with E-state index in [4.69, 9.17) is 0 Å². The number of fused-ring (bicyclic) bond motifs is 1. The lowest BCUT2D eigenvalue weighted by atomic mass is 9.76. The van der Waals surface area contributed by atoms with Gasteiger partial charge < -0.3 is 10.2 Å². The van der Waals surface area contributed by atoms with E-state index in [1.54, 1.807) is 0 Å². The Kier molecular flexibility index (Phi) is 0.945. The zero-order valence-electron chi connectivity index (χ0n) is 6.15. The number of nitrogens with zero attached hydrogens (tertiary/aromatic N) is 1. The van der Waals surface area contributed by atoms with E-state index in [0.717, 1.165) is 6.04 Å². The van der Waals surface area contributed by atoms with Crippen molar-refractivity contribution in [2.45, 2.75) is 13.0 Å². The fraction of sp³-hybridized carbons (Fsp3) is 1.00. The first-order valence-electron chi connectivity index (χ1n) is 3.63. The van der Waals surface area contributed by atoms with E-state index in [2.05, 4.69) is 24.2 Å². The summed E-state index contributed by atoms with van der Waals surface area (Å²) < 4.78 is 0. The smallest absolute Gasteiger partial charge is 0.0295 e. The van der Waals surface area contributed by atoms with Gasteiger partial charge in [0.2, 0.25) is 0 Å². The van der Waals surface area contributed by atoms with Gasteiger partial charge in [-0.05, 0) is 7.05 Å². The Bertz CT molecular complexity index is 135. The molecule has 2 aliphatic heterocycles. The monoisotopic (exact) mass is 126 g/mol. The van der Waals surface area contributed by atoms with E-state index >= 15 is 0 Å². The van der Waals surface area contributed by atoms with Crippen molar-refractivity contribution in [3.8, 4) is 0 Å². The lowest BCUT2D eigenvalue weighted by Crippen LogP contribution is -2.60. The highest BCUT2D eigenvalue weighted by atomic mass is 15.3. The molecule has 0 amide bonds. The molecule has 52 valence electrons. The lowest BCUT2D eigenvalue weighted by molar-refractivity contribution is -0.00103. The van der Waals surface area contributed by atoms with Gasteiger partial charge in [0.1, 0.15) is 0 Å². The van der Waals surface area contributed by atoms with E-state index < -0.39 is 0 Å². The minimum Gasteiger partial charge on any atom is -0.314 e. The van der Waals surface area contributed by atoms with Crippen molar-refractivity contribution in [3.05, 3.63) is 0 Å². The standard InChI is InChI=1S/C7H14N2/c1-7-4-8-3-6(7)9(2)5-7/h6,8H,3-5H2,1-2H3/t6-,7-/m1/s1. The zero-order valence-corrected chi connectivity index (χ0v) is 6.15. The number of hydrogen-bond acceptors (Lipinski definition) is 2. The molecule has 0 aromatic rings. The molecule has 2 heteroatoms. The molecule has 0 spiro atoms.